The molecular weight excluding hydrogens is 210 g/mol. The molecule has 5 heteroatoms. The second-order valence-corrected chi connectivity index (χ2v) is 4.37. The first-order valence-electron chi connectivity index (χ1n) is 5.58. The molecule has 1 aliphatic rings. The van der Waals surface area contributed by atoms with Crippen molar-refractivity contribution < 1.29 is 19.4 Å². The molecule has 4 atom stereocenters. The van der Waals surface area contributed by atoms with Crippen molar-refractivity contribution in [2.24, 2.45) is 11.8 Å². The fourth-order valence-corrected chi connectivity index (χ4v) is 2.13. The predicted octanol–water partition coefficient (Wildman–Crippen LogP) is 0.637. The summed E-state index contributed by atoms with van der Waals surface area (Å²) in [5.41, 5.74) is 0. The maximum Gasteiger partial charge on any atom is 0.305 e. The molecule has 1 rings (SSSR count). The zero-order chi connectivity index (χ0) is 12.3. The molecule has 0 aromatic rings. The van der Waals surface area contributed by atoms with Crippen LogP contribution in [0.15, 0.2) is 0 Å². The third-order valence-corrected chi connectivity index (χ3v) is 3.18. The number of carboxylic acids is 1. The molecule has 1 amide bonds. The van der Waals surface area contributed by atoms with E-state index in [0.29, 0.717) is 0 Å². The van der Waals surface area contributed by atoms with Crippen LogP contribution in [0, 0.1) is 11.8 Å². The molecule has 0 bridgehead atoms. The van der Waals surface area contributed by atoms with E-state index in [-0.39, 0.29) is 42.9 Å². The molecule has 0 aromatic carbocycles. The van der Waals surface area contributed by atoms with Gasteiger partial charge in [-0.2, -0.15) is 0 Å². The summed E-state index contributed by atoms with van der Waals surface area (Å²) in [5, 5.41) is 11.1. The van der Waals surface area contributed by atoms with Crippen LogP contribution in [0.25, 0.3) is 0 Å². The van der Waals surface area contributed by atoms with Crippen molar-refractivity contribution in [1.82, 2.24) is 5.32 Å². The van der Waals surface area contributed by atoms with Crippen LogP contribution in [0.2, 0.25) is 0 Å². The number of nitrogens with one attached hydrogen (secondary N) is 1. The second-order valence-electron chi connectivity index (χ2n) is 4.37. The third kappa shape index (κ3) is 2.95. The van der Waals surface area contributed by atoms with Crippen molar-refractivity contribution in [3.8, 4) is 0 Å². The summed E-state index contributed by atoms with van der Waals surface area (Å²) in [6, 6.07) is 0. The molecule has 0 saturated carbocycles. The van der Waals surface area contributed by atoms with Crippen LogP contribution in [0.4, 0.5) is 0 Å². The maximum atomic E-state index is 11.8. The first-order chi connectivity index (χ1) is 7.43. The van der Waals surface area contributed by atoms with E-state index in [1.54, 1.807) is 0 Å². The molecule has 0 aliphatic carbocycles. The molecule has 0 aromatic heterocycles. The summed E-state index contributed by atoms with van der Waals surface area (Å²) in [6.45, 7) is 5.99. The van der Waals surface area contributed by atoms with Crippen LogP contribution in [0.3, 0.4) is 0 Å². The van der Waals surface area contributed by atoms with Crippen molar-refractivity contribution in [1.29, 1.82) is 0 Å². The molecule has 4 unspecified atom stereocenters. The number of carbonyl (C=O) groups is 2. The normalized spacial score (nSPS) is 33.7. The average Bonchev–Trinajstić information content (AvgIpc) is 2.40. The highest BCUT2D eigenvalue weighted by molar-refractivity contribution is 5.80. The van der Waals surface area contributed by atoms with Crippen LogP contribution in [0.1, 0.15) is 27.2 Å². The fraction of sp³-hybridized carbons (Fsp3) is 0.818. The van der Waals surface area contributed by atoms with Gasteiger partial charge in [0.1, 0.15) is 0 Å². The first kappa shape index (κ1) is 13.0. The molecule has 92 valence electrons. The van der Waals surface area contributed by atoms with Gasteiger partial charge in [0, 0.05) is 6.54 Å². The Morgan fingerprint density at radius 2 is 1.88 bits per heavy atom. The van der Waals surface area contributed by atoms with E-state index >= 15 is 0 Å². The molecule has 2 N–H and O–H groups in total. The Morgan fingerprint density at radius 1 is 1.25 bits per heavy atom. The van der Waals surface area contributed by atoms with Gasteiger partial charge in [0.05, 0.1) is 24.5 Å². The number of amides is 1. The van der Waals surface area contributed by atoms with E-state index in [2.05, 4.69) is 5.32 Å². The van der Waals surface area contributed by atoms with Gasteiger partial charge in [-0.1, -0.05) is 6.92 Å². The van der Waals surface area contributed by atoms with E-state index in [0.717, 1.165) is 0 Å². The summed E-state index contributed by atoms with van der Waals surface area (Å²) in [6.07, 6.45) is -0.0717. The highest BCUT2D eigenvalue weighted by atomic mass is 16.5. The number of hydrogen-bond acceptors (Lipinski definition) is 3. The minimum atomic E-state index is -0.905. The summed E-state index contributed by atoms with van der Waals surface area (Å²) < 4.78 is 5.56. The highest BCUT2D eigenvalue weighted by Gasteiger charge is 2.41. The standard InChI is InChI=1S/C11H19NO4/c1-6-7(2)16-8(3)10(6)11(15)12-5-4-9(13)14/h6-8,10H,4-5H2,1-3H3,(H,12,15)(H,13,14). The molecular formula is C11H19NO4. The van der Waals surface area contributed by atoms with Crippen molar-refractivity contribution >= 4 is 11.9 Å². The van der Waals surface area contributed by atoms with E-state index in [1.807, 2.05) is 20.8 Å². The van der Waals surface area contributed by atoms with E-state index in [9.17, 15) is 9.59 Å². The average molecular weight is 229 g/mol. The quantitative estimate of drug-likeness (QED) is 0.741. The number of ether oxygens (including phenoxy) is 1. The lowest BCUT2D eigenvalue weighted by Crippen LogP contribution is -2.38. The van der Waals surface area contributed by atoms with Crippen molar-refractivity contribution in [3.05, 3.63) is 0 Å². The van der Waals surface area contributed by atoms with Gasteiger partial charge in [-0.3, -0.25) is 9.59 Å². The smallest absolute Gasteiger partial charge is 0.305 e. The summed E-state index contributed by atoms with van der Waals surface area (Å²) >= 11 is 0. The lowest BCUT2D eigenvalue weighted by atomic mass is 9.89. The Hall–Kier alpha value is -1.10. The molecule has 0 radical (unpaired) electrons. The van der Waals surface area contributed by atoms with Gasteiger partial charge in [0.2, 0.25) is 5.91 Å². The molecule has 1 saturated heterocycles. The summed E-state index contributed by atoms with van der Waals surface area (Å²) in [4.78, 5) is 22.1. The SMILES string of the molecule is CC1OC(C)C(C(=O)NCCC(=O)O)C1C. The molecule has 1 heterocycles. The monoisotopic (exact) mass is 229 g/mol. The van der Waals surface area contributed by atoms with E-state index in [1.165, 1.54) is 0 Å². The van der Waals surface area contributed by atoms with Gasteiger partial charge in [-0.15, -0.1) is 0 Å². The lowest BCUT2D eigenvalue weighted by Gasteiger charge is -2.17. The minimum Gasteiger partial charge on any atom is -0.481 e. The molecule has 1 aliphatic heterocycles. The number of rotatable bonds is 4. The zero-order valence-corrected chi connectivity index (χ0v) is 9.90. The van der Waals surface area contributed by atoms with Gasteiger partial charge in [0.25, 0.3) is 0 Å². The molecule has 0 spiro atoms. The van der Waals surface area contributed by atoms with Crippen LogP contribution in [-0.2, 0) is 14.3 Å². The Balaban J connectivity index is 2.44. The number of hydrogen-bond donors (Lipinski definition) is 2. The van der Waals surface area contributed by atoms with Gasteiger partial charge in [-0.25, -0.2) is 0 Å². The lowest BCUT2D eigenvalue weighted by molar-refractivity contribution is -0.137. The van der Waals surface area contributed by atoms with Gasteiger partial charge < -0.3 is 15.2 Å². The topological polar surface area (TPSA) is 75.6 Å². The van der Waals surface area contributed by atoms with Gasteiger partial charge >= 0.3 is 5.97 Å². The number of aliphatic carboxylic acids is 1. The maximum absolute atomic E-state index is 11.8. The van der Waals surface area contributed by atoms with Crippen molar-refractivity contribution in [2.75, 3.05) is 6.54 Å². The zero-order valence-electron chi connectivity index (χ0n) is 9.90. The first-order valence-corrected chi connectivity index (χ1v) is 5.58. The Kier molecular flexibility index (Phi) is 4.29. The summed E-state index contributed by atoms with van der Waals surface area (Å²) in [5.74, 6) is -1.02. The molecule has 16 heavy (non-hydrogen) atoms. The van der Waals surface area contributed by atoms with Crippen LogP contribution >= 0.6 is 0 Å². The van der Waals surface area contributed by atoms with Crippen LogP contribution in [-0.4, -0.2) is 35.7 Å². The predicted molar refractivity (Wildman–Crippen MR) is 57.9 cm³/mol. The molecule has 1 fully saturated rings. The van der Waals surface area contributed by atoms with Crippen LogP contribution in [0.5, 0.6) is 0 Å². The third-order valence-electron chi connectivity index (χ3n) is 3.18. The largest absolute Gasteiger partial charge is 0.481 e. The fourth-order valence-electron chi connectivity index (χ4n) is 2.13. The van der Waals surface area contributed by atoms with Gasteiger partial charge in [0.15, 0.2) is 0 Å². The Bertz CT molecular complexity index is 279. The van der Waals surface area contributed by atoms with E-state index < -0.39 is 5.97 Å². The number of carbonyl (C=O) groups excluding carboxylic acids is 1. The summed E-state index contributed by atoms with van der Waals surface area (Å²) in [7, 11) is 0. The minimum absolute atomic E-state index is 0.0440. The van der Waals surface area contributed by atoms with E-state index in [4.69, 9.17) is 9.84 Å². The molecule has 5 nitrogen and oxygen atoms in total. The number of carboxylic acid groups (broad SMARTS) is 1. The Labute approximate surface area is 95.2 Å². The second kappa shape index (κ2) is 5.30. The van der Waals surface area contributed by atoms with Gasteiger partial charge in [-0.05, 0) is 19.8 Å². The van der Waals surface area contributed by atoms with Crippen molar-refractivity contribution in [3.63, 3.8) is 0 Å². The Morgan fingerprint density at radius 3 is 2.31 bits per heavy atom. The van der Waals surface area contributed by atoms with Crippen molar-refractivity contribution in [2.45, 2.75) is 39.4 Å². The van der Waals surface area contributed by atoms with Crippen LogP contribution < -0.4 is 5.32 Å². The highest BCUT2D eigenvalue weighted by Crippen LogP contribution is 2.32.